The van der Waals surface area contributed by atoms with Crippen molar-refractivity contribution >= 4 is 5.97 Å². The van der Waals surface area contributed by atoms with Crippen LogP contribution in [-0.2, 0) is 11.2 Å². The van der Waals surface area contributed by atoms with Crippen LogP contribution in [0.5, 0.6) is 5.75 Å². The smallest absolute Gasteiger partial charge is 0.303 e. The van der Waals surface area contributed by atoms with E-state index in [1.807, 2.05) is 39.8 Å². The first-order chi connectivity index (χ1) is 7.50. The largest absolute Gasteiger partial charge is 0.507 e. The molecule has 0 atom stereocenters. The van der Waals surface area contributed by atoms with Gasteiger partial charge in [-0.15, -0.1) is 0 Å². The van der Waals surface area contributed by atoms with Gasteiger partial charge in [0.2, 0.25) is 0 Å². The molecule has 3 heteroatoms. The average molecular weight is 224 g/mol. The van der Waals surface area contributed by atoms with E-state index in [2.05, 4.69) is 0 Å². The zero-order valence-electron chi connectivity index (χ0n) is 10.4. The molecule has 0 bridgehead atoms. The third-order valence-electron chi connectivity index (χ3n) is 2.18. The molecule has 0 amide bonds. The number of phenolic OH excluding ortho intramolecular Hbond substituents is 1. The van der Waals surface area contributed by atoms with Crippen molar-refractivity contribution in [3.63, 3.8) is 0 Å². The molecule has 0 fully saturated rings. The van der Waals surface area contributed by atoms with Gasteiger partial charge in [0.1, 0.15) is 5.75 Å². The van der Waals surface area contributed by atoms with E-state index in [4.69, 9.17) is 5.11 Å². The van der Waals surface area contributed by atoms with Gasteiger partial charge < -0.3 is 10.2 Å². The van der Waals surface area contributed by atoms with Gasteiger partial charge in [0.25, 0.3) is 0 Å². The first kappa shape index (κ1) is 14.5. The lowest BCUT2D eigenvalue weighted by Crippen LogP contribution is -1.98. The molecule has 90 valence electrons. The van der Waals surface area contributed by atoms with E-state index in [-0.39, 0.29) is 6.42 Å². The Morgan fingerprint density at radius 3 is 2.00 bits per heavy atom. The number of aromatic hydroxyl groups is 1. The maximum absolute atomic E-state index is 10.4. The highest BCUT2D eigenvalue weighted by Crippen LogP contribution is 2.23. The quantitative estimate of drug-likeness (QED) is 0.829. The number of hydrogen-bond donors (Lipinski definition) is 2. The van der Waals surface area contributed by atoms with Crippen molar-refractivity contribution in [2.24, 2.45) is 0 Å². The first-order valence-corrected chi connectivity index (χ1v) is 5.51. The van der Waals surface area contributed by atoms with Crippen LogP contribution >= 0.6 is 0 Å². The summed E-state index contributed by atoms with van der Waals surface area (Å²) in [5.74, 6) is -0.502. The summed E-state index contributed by atoms with van der Waals surface area (Å²) in [5.41, 5.74) is 2.55. The van der Waals surface area contributed by atoms with Gasteiger partial charge in [0.15, 0.2) is 0 Å². The van der Waals surface area contributed by atoms with E-state index in [0.29, 0.717) is 12.2 Å². The van der Waals surface area contributed by atoms with Gasteiger partial charge in [-0.3, -0.25) is 4.79 Å². The molecule has 0 heterocycles. The summed E-state index contributed by atoms with van der Waals surface area (Å²) in [6.07, 6.45) is 0.640. The van der Waals surface area contributed by atoms with Crippen LogP contribution in [0.2, 0.25) is 0 Å². The zero-order chi connectivity index (χ0) is 12.7. The number of aliphatic carboxylic acids is 1. The molecule has 0 saturated heterocycles. The third-order valence-corrected chi connectivity index (χ3v) is 2.18. The second-order valence-electron chi connectivity index (χ2n) is 3.47. The number of phenols is 1. The van der Waals surface area contributed by atoms with E-state index in [9.17, 15) is 9.90 Å². The summed E-state index contributed by atoms with van der Waals surface area (Å²) in [7, 11) is 0. The minimum Gasteiger partial charge on any atom is -0.507 e. The van der Waals surface area contributed by atoms with Gasteiger partial charge >= 0.3 is 5.97 Å². The number of hydrogen-bond acceptors (Lipinski definition) is 2. The van der Waals surface area contributed by atoms with E-state index in [1.165, 1.54) is 0 Å². The summed E-state index contributed by atoms with van der Waals surface area (Å²) in [5, 5.41) is 18.0. The van der Waals surface area contributed by atoms with Crippen LogP contribution in [-0.4, -0.2) is 16.2 Å². The molecular weight excluding hydrogens is 204 g/mol. The Labute approximate surface area is 96.7 Å². The number of carboxylic acid groups (broad SMARTS) is 1. The monoisotopic (exact) mass is 224 g/mol. The number of rotatable bonds is 3. The van der Waals surface area contributed by atoms with Crippen LogP contribution in [0, 0.1) is 13.8 Å². The van der Waals surface area contributed by atoms with E-state index < -0.39 is 5.97 Å². The molecule has 0 aromatic heterocycles. The normalized spacial score (nSPS) is 9.25. The van der Waals surface area contributed by atoms with Gasteiger partial charge in [-0.2, -0.15) is 0 Å². The van der Waals surface area contributed by atoms with E-state index >= 15 is 0 Å². The highest BCUT2D eigenvalue weighted by Gasteiger charge is 2.04. The molecule has 1 aromatic rings. The molecular formula is C13H20O3. The molecule has 3 nitrogen and oxygen atoms in total. The Balaban J connectivity index is 0.00000106. The fourth-order valence-corrected chi connectivity index (χ4v) is 1.44. The second-order valence-corrected chi connectivity index (χ2v) is 3.47. The lowest BCUT2D eigenvalue weighted by molar-refractivity contribution is -0.136. The molecule has 0 unspecified atom stereocenters. The molecule has 0 radical (unpaired) electrons. The summed E-state index contributed by atoms with van der Waals surface area (Å²) in [6.45, 7) is 7.62. The Kier molecular flexibility index (Phi) is 6.23. The zero-order valence-corrected chi connectivity index (χ0v) is 10.4. The maximum Gasteiger partial charge on any atom is 0.303 e. The van der Waals surface area contributed by atoms with Crippen LogP contribution < -0.4 is 0 Å². The van der Waals surface area contributed by atoms with Gasteiger partial charge in [-0.1, -0.05) is 26.0 Å². The molecule has 0 aliphatic heterocycles. The number of aryl methyl sites for hydroxylation is 3. The van der Waals surface area contributed by atoms with Crippen LogP contribution in [0.15, 0.2) is 12.1 Å². The van der Waals surface area contributed by atoms with Gasteiger partial charge in [-0.25, -0.2) is 0 Å². The van der Waals surface area contributed by atoms with Gasteiger partial charge in [-0.05, 0) is 37.0 Å². The topological polar surface area (TPSA) is 57.5 Å². The third kappa shape index (κ3) is 4.34. The summed E-state index contributed by atoms with van der Waals surface area (Å²) in [6, 6.07) is 3.65. The molecule has 1 aromatic carbocycles. The van der Waals surface area contributed by atoms with Gasteiger partial charge in [0, 0.05) is 6.42 Å². The molecule has 0 saturated carbocycles. The average Bonchev–Trinajstić information content (AvgIpc) is 2.25. The van der Waals surface area contributed by atoms with Crippen molar-refractivity contribution in [2.75, 3.05) is 0 Å². The standard InChI is InChI=1S/C11H14O3.C2H6/c1-7-5-9(3-4-10(12)13)6-8(2)11(7)14;1-2/h5-6,14H,3-4H2,1-2H3,(H,12,13);1-2H3. The highest BCUT2D eigenvalue weighted by atomic mass is 16.4. The Bertz CT molecular complexity index is 333. The molecule has 0 aliphatic rings. The molecule has 1 rings (SSSR count). The maximum atomic E-state index is 10.4. The Hall–Kier alpha value is -1.51. The number of carbonyl (C=O) groups is 1. The van der Waals surface area contributed by atoms with Crippen LogP contribution in [0.4, 0.5) is 0 Å². The lowest BCUT2D eigenvalue weighted by atomic mass is 10.0. The molecule has 0 spiro atoms. The summed E-state index contributed by atoms with van der Waals surface area (Å²) >= 11 is 0. The predicted octanol–water partition coefficient (Wildman–Crippen LogP) is 3.05. The van der Waals surface area contributed by atoms with Crippen LogP contribution in [0.3, 0.4) is 0 Å². The van der Waals surface area contributed by atoms with Crippen molar-refractivity contribution in [1.29, 1.82) is 0 Å². The number of carboxylic acids is 1. The fraction of sp³-hybridized carbons (Fsp3) is 0.462. The Morgan fingerprint density at radius 1 is 1.19 bits per heavy atom. The highest BCUT2D eigenvalue weighted by molar-refractivity contribution is 5.67. The lowest BCUT2D eigenvalue weighted by Gasteiger charge is -2.06. The fourth-order valence-electron chi connectivity index (χ4n) is 1.44. The van der Waals surface area contributed by atoms with Crippen molar-refractivity contribution in [3.05, 3.63) is 28.8 Å². The molecule has 2 N–H and O–H groups in total. The predicted molar refractivity (Wildman–Crippen MR) is 64.9 cm³/mol. The van der Waals surface area contributed by atoms with E-state index in [1.54, 1.807) is 0 Å². The molecule has 16 heavy (non-hydrogen) atoms. The van der Waals surface area contributed by atoms with Crippen molar-refractivity contribution in [1.82, 2.24) is 0 Å². The minimum absolute atomic E-state index is 0.129. The van der Waals surface area contributed by atoms with Gasteiger partial charge in [0.05, 0.1) is 0 Å². The van der Waals surface area contributed by atoms with Crippen molar-refractivity contribution in [2.45, 2.75) is 40.5 Å². The van der Waals surface area contributed by atoms with E-state index in [0.717, 1.165) is 16.7 Å². The summed E-state index contributed by atoms with van der Waals surface area (Å²) in [4.78, 5) is 10.4. The molecule has 0 aliphatic carbocycles. The van der Waals surface area contributed by atoms with Crippen molar-refractivity contribution in [3.8, 4) is 5.75 Å². The number of benzene rings is 1. The second kappa shape index (κ2) is 6.88. The minimum atomic E-state index is -0.798. The Morgan fingerprint density at radius 2 is 1.62 bits per heavy atom. The van der Waals surface area contributed by atoms with Crippen molar-refractivity contribution < 1.29 is 15.0 Å². The van der Waals surface area contributed by atoms with Crippen LogP contribution in [0.1, 0.15) is 37.0 Å². The van der Waals surface area contributed by atoms with Crippen LogP contribution in [0.25, 0.3) is 0 Å². The first-order valence-electron chi connectivity index (χ1n) is 5.51. The summed E-state index contributed by atoms with van der Waals surface area (Å²) < 4.78 is 0. The SMILES string of the molecule is CC.Cc1cc(CCC(=O)O)cc(C)c1O.